The van der Waals surface area contributed by atoms with E-state index in [0.717, 1.165) is 36.3 Å². The molecule has 0 saturated heterocycles. The first kappa shape index (κ1) is 17.3. The Morgan fingerprint density at radius 2 is 1.93 bits per heavy atom. The Hall–Kier alpha value is -2.82. The number of para-hydroxylation sites is 2. The fourth-order valence-electron chi connectivity index (χ4n) is 4.47. The third kappa shape index (κ3) is 2.77. The number of rotatable bonds is 2. The van der Waals surface area contributed by atoms with Crippen LogP contribution >= 0.6 is 0 Å². The molecule has 2 aromatic rings. The van der Waals surface area contributed by atoms with E-state index in [1.165, 1.54) is 0 Å². The minimum atomic E-state index is -0.530. The van der Waals surface area contributed by atoms with Gasteiger partial charge in [0, 0.05) is 23.6 Å². The van der Waals surface area contributed by atoms with Gasteiger partial charge in [-0.15, -0.1) is 0 Å². The van der Waals surface area contributed by atoms with Crippen LogP contribution in [0.25, 0.3) is 0 Å². The third-order valence-electron chi connectivity index (χ3n) is 5.88. The van der Waals surface area contributed by atoms with Crippen LogP contribution in [-0.4, -0.2) is 11.7 Å². The number of hydrogen-bond donors (Lipinski definition) is 1. The highest BCUT2D eigenvalue weighted by molar-refractivity contribution is 6.07. The van der Waals surface area contributed by atoms with Crippen molar-refractivity contribution in [1.82, 2.24) is 0 Å². The zero-order chi connectivity index (χ0) is 19.5. The number of benzene rings is 1. The molecule has 1 saturated carbocycles. The van der Waals surface area contributed by atoms with Crippen LogP contribution in [0.15, 0.2) is 58.3 Å². The summed E-state index contributed by atoms with van der Waals surface area (Å²) in [6, 6.07) is 11.0. The van der Waals surface area contributed by atoms with Crippen LogP contribution in [0.2, 0.25) is 0 Å². The molecular formula is C23H24N2O3. The molecule has 1 fully saturated rings. The molecular weight excluding hydrogens is 352 g/mol. The summed E-state index contributed by atoms with van der Waals surface area (Å²) < 4.78 is 5.77. The Balaban J connectivity index is 1.76. The van der Waals surface area contributed by atoms with Crippen molar-refractivity contribution in [2.24, 2.45) is 11.3 Å². The molecule has 1 atom stereocenters. The van der Waals surface area contributed by atoms with Crippen LogP contribution in [0.3, 0.4) is 0 Å². The number of ketones is 1. The second kappa shape index (κ2) is 6.09. The minimum absolute atomic E-state index is 0.0304. The van der Waals surface area contributed by atoms with E-state index in [2.05, 4.69) is 19.2 Å². The standard InChI is InChI=1S/C23H24N2O3/c1-23(2)12-16-20(18(26)13-23)21(19-8-5-11-28-19)25(22(27)14-9-10-14)17-7-4-3-6-15(17)24-16/h3-8,11,14,21,24H,9-10,12-13H2,1-2H3. The first-order valence-electron chi connectivity index (χ1n) is 9.93. The predicted octanol–water partition coefficient (Wildman–Crippen LogP) is 4.83. The molecule has 1 aromatic heterocycles. The van der Waals surface area contributed by atoms with Gasteiger partial charge in [0.15, 0.2) is 5.78 Å². The van der Waals surface area contributed by atoms with Crippen molar-refractivity contribution >= 4 is 23.1 Å². The van der Waals surface area contributed by atoms with Crippen molar-refractivity contribution in [3.05, 3.63) is 59.7 Å². The molecule has 5 rings (SSSR count). The second-order valence-electron chi connectivity index (χ2n) is 8.88. The molecule has 0 radical (unpaired) electrons. The van der Waals surface area contributed by atoms with Crippen LogP contribution < -0.4 is 10.2 Å². The number of allylic oxidation sites excluding steroid dienone is 1. The first-order chi connectivity index (χ1) is 13.4. The number of nitrogens with one attached hydrogen (secondary N) is 1. The number of anilines is 2. The van der Waals surface area contributed by atoms with Gasteiger partial charge < -0.3 is 9.73 Å². The van der Waals surface area contributed by atoms with Gasteiger partial charge in [0.1, 0.15) is 11.8 Å². The summed E-state index contributed by atoms with van der Waals surface area (Å²) >= 11 is 0. The van der Waals surface area contributed by atoms with Gasteiger partial charge in [-0.2, -0.15) is 0 Å². The van der Waals surface area contributed by atoms with E-state index >= 15 is 0 Å². The van der Waals surface area contributed by atoms with Gasteiger partial charge in [-0.1, -0.05) is 26.0 Å². The fraction of sp³-hybridized carbons (Fsp3) is 0.391. The molecule has 2 heterocycles. The first-order valence-corrected chi connectivity index (χ1v) is 9.93. The summed E-state index contributed by atoms with van der Waals surface area (Å²) in [6.45, 7) is 4.23. The van der Waals surface area contributed by atoms with Gasteiger partial charge >= 0.3 is 0 Å². The Morgan fingerprint density at radius 1 is 1.14 bits per heavy atom. The number of amides is 1. The maximum atomic E-state index is 13.4. The van der Waals surface area contributed by atoms with E-state index in [1.807, 2.05) is 36.4 Å². The number of nitrogens with zero attached hydrogens (tertiary/aromatic N) is 1. The number of hydrogen-bond acceptors (Lipinski definition) is 4. The highest BCUT2D eigenvalue weighted by Gasteiger charge is 2.46. The lowest BCUT2D eigenvalue weighted by Crippen LogP contribution is -2.40. The molecule has 1 aromatic carbocycles. The average molecular weight is 376 g/mol. The summed E-state index contributed by atoms with van der Waals surface area (Å²) in [5.41, 5.74) is 3.12. The SMILES string of the molecule is CC1(C)CC(=O)C2=C(C1)Nc1ccccc1N(C(=O)C1CC1)C2c1ccco1. The largest absolute Gasteiger partial charge is 0.467 e. The maximum absolute atomic E-state index is 13.4. The lowest BCUT2D eigenvalue weighted by molar-refractivity contribution is -0.120. The van der Waals surface area contributed by atoms with Gasteiger partial charge in [-0.05, 0) is 48.9 Å². The molecule has 1 amide bonds. The zero-order valence-electron chi connectivity index (χ0n) is 16.2. The van der Waals surface area contributed by atoms with Gasteiger partial charge in [0.25, 0.3) is 0 Å². The van der Waals surface area contributed by atoms with Gasteiger partial charge in [0.05, 0.1) is 17.6 Å². The Morgan fingerprint density at radius 3 is 2.64 bits per heavy atom. The molecule has 1 unspecified atom stereocenters. The number of carbonyl (C=O) groups excluding carboxylic acids is 2. The lowest BCUT2D eigenvalue weighted by atomic mass is 9.74. The van der Waals surface area contributed by atoms with Gasteiger partial charge in [-0.25, -0.2) is 0 Å². The van der Waals surface area contributed by atoms with Crippen molar-refractivity contribution in [3.8, 4) is 0 Å². The number of Topliss-reactive ketones (excluding diaryl/α,β-unsaturated/α-hetero) is 1. The second-order valence-corrected chi connectivity index (χ2v) is 8.88. The summed E-state index contributed by atoms with van der Waals surface area (Å²) in [6.07, 6.45) is 4.64. The molecule has 0 spiro atoms. The smallest absolute Gasteiger partial charge is 0.231 e. The highest BCUT2D eigenvalue weighted by atomic mass is 16.3. The van der Waals surface area contributed by atoms with E-state index in [9.17, 15) is 9.59 Å². The van der Waals surface area contributed by atoms with Crippen molar-refractivity contribution in [3.63, 3.8) is 0 Å². The monoisotopic (exact) mass is 376 g/mol. The highest BCUT2D eigenvalue weighted by Crippen LogP contribution is 2.49. The molecule has 144 valence electrons. The van der Waals surface area contributed by atoms with Gasteiger partial charge in [-0.3, -0.25) is 14.5 Å². The minimum Gasteiger partial charge on any atom is -0.467 e. The predicted molar refractivity (Wildman–Crippen MR) is 107 cm³/mol. The quantitative estimate of drug-likeness (QED) is 0.815. The topological polar surface area (TPSA) is 62.6 Å². The van der Waals surface area contributed by atoms with Crippen LogP contribution in [-0.2, 0) is 9.59 Å². The van der Waals surface area contributed by atoms with Crippen molar-refractivity contribution in [2.45, 2.75) is 45.6 Å². The van der Waals surface area contributed by atoms with E-state index in [1.54, 1.807) is 11.2 Å². The van der Waals surface area contributed by atoms with E-state index in [0.29, 0.717) is 17.8 Å². The molecule has 3 aliphatic rings. The third-order valence-corrected chi connectivity index (χ3v) is 5.88. The van der Waals surface area contributed by atoms with E-state index < -0.39 is 6.04 Å². The summed E-state index contributed by atoms with van der Waals surface area (Å²) in [4.78, 5) is 28.5. The Bertz CT molecular complexity index is 983. The Kier molecular flexibility index (Phi) is 3.76. The molecule has 2 aliphatic carbocycles. The van der Waals surface area contributed by atoms with Crippen LogP contribution in [0, 0.1) is 11.3 Å². The van der Waals surface area contributed by atoms with E-state index in [-0.39, 0.29) is 23.0 Å². The summed E-state index contributed by atoms with van der Waals surface area (Å²) in [5.74, 6) is 0.819. The average Bonchev–Trinajstić information content (AvgIpc) is 3.37. The van der Waals surface area contributed by atoms with Gasteiger partial charge in [0.2, 0.25) is 5.91 Å². The van der Waals surface area contributed by atoms with Crippen molar-refractivity contribution in [2.75, 3.05) is 10.2 Å². The van der Waals surface area contributed by atoms with Crippen LogP contribution in [0.1, 0.15) is 51.3 Å². The molecule has 1 N–H and O–H groups in total. The maximum Gasteiger partial charge on any atom is 0.231 e. The zero-order valence-corrected chi connectivity index (χ0v) is 16.2. The van der Waals surface area contributed by atoms with Crippen LogP contribution in [0.5, 0.6) is 0 Å². The number of furan rings is 1. The number of carbonyl (C=O) groups is 2. The fourth-order valence-corrected chi connectivity index (χ4v) is 4.47. The molecule has 5 heteroatoms. The normalized spacial score (nSPS) is 23.6. The molecule has 0 bridgehead atoms. The lowest BCUT2D eigenvalue weighted by Gasteiger charge is -2.36. The van der Waals surface area contributed by atoms with Crippen LogP contribution in [0.4, 0.5) is 11.4 Å². The summed E-state index contributed by atoms with van der Waals surface area (Å²) in [5, 5.41) is 3.51. The molecule has 1 aliphatic heterocycles. The van der Waals surface area contributed by atoms with E-state index in [4.69, 9.17) is 4.42 Å². The summed E-state index contributed by atoms with van der Waals surface area (Å²) in [7, 11) is 0. The molecule has 28 heavy (non-hydrogen) atoms. The number of fused-ring (bicyclic) bond motifs is 1. The molecule has 5 nitrogen and oxygen atoms in total. The van der Waals surface area contributed by atoms with Crippen molar-refractivity contribution in [1.29, 1.82) is 0 Å². The Labute approximate surface area is 164 Å². The van der Waals surface area contributed by atoms with Crippen molar-refractivity contribution < 1.29 is 14.0 Å².